The van der Waals surface area contributed by atoms with Crippen LogP contribution in [0, 0.1) is 23.5 Å². The van der Waals surface area contributed by atoms with E-state index in [1.54, 1.807) is 0 Å². The molecule has 1 N–H and O–H groups in total. The van der Waals surface area contributed by atoms with Crippen LogP contribution in [0.25, 0.3) is 0 Å². The Bertz CT molecular complexity index is 458. The van der Waals surface area contributed by atoms with E-state index in [4.69, 9.17) is 0 Å². The molecule has 2 aliphatic carbocycles. The molecule has 0 saturated heterocycles. The molecule has 2 nitrogen and oxygen atoms in total. The highest BCUT2D eigenvalue weighted by molar-refractivity contribution is 5.21. The highest BCUT2D eigenvalue weighted by Gasteiger charge is 2.30. The van der Waals surface area contributed by atoms with Crippen LogP contribution in [0.1, 0.15) is 37.4 Å². The fourth-order valence-corrected chi connectivity index (χ4v) is 2.67. The van der Waals surface area contributed by atoms with Gasteiger partial charge in [0.2, 0.25) is 0 Å². The second-order valence-corrected chi connectivity index (χ2v) is 6.29. The predicted octanol–water partition coefficient (Wildman–Crippen LogP) is 3.12. The Balaban J connectivity index is 1.62. The first-order valence-electron chi connectivity index (χ1n) is 7.47. The van der Waals surface area contributed by atoms with Gasteiger partial charge in [-0.15, -0.1) is 0 Å². The van der Waals surface area contributed by atoms with E-state index < -0.39 is 17.7 Å². The van der Waals surface area contributed by atoms with E-state index in [9.17, 15) is 13.9 Å². The first-order chi connectivity index (χ1) is 9.61. The third-order valence-corrected chi connectivity index (χ3v) is 4.18. The minimum atomic E-state index is -0.881. The zero-order valence-electron chi connectivity index (χ0n) is 11.6. The highest BCUT2D eigenvalue weighted by atomic mass is 19.1. The van der Waals surface area contributed by atoms with Crippen LogP contribution >= 0.6 is 0 Å². The van der Waals surface area contributed by atoms with Gasteiger partial charge in [-0.25, -0.2) is 8.78 Å². The quantitative estimate of drug-likeness (QED) is 0.830. The van der Waals surface area contributed by atoms with Crippen LogP contribution in [0.15, 0.2) is 18.2 Å². The maximum absolute atomic E-state index is 13.7. The van der Waals surface area contributed by atoms with E-state index in [0.29, 0.717) is 6.54 Å². The lowest BCUT2D eigenvalue weighted by atomic mass is 10.1. The monoisotopic (exact) mass is 281 g/mol. The summed E-state index contributed by atoms with van der Waals surface area (Å²) < 4.78 is 26.6. The molecule has 0 aliphatic heterocycles. The Morgan fingerprint density at radius 1 is 1.10 bits per heavy atom. The number of hydrogen-bond donors (Lipinski definition) is 1. The zero-order chi connectivity index (χ0) is 14.1. The molecule has 1 aromatic carbocycles. The number of benzene rings is 1. The number of hydrogen-bond acceptors (Lipinski definition) is 2. The maximum Gasteiger partial charge on any atom is 0.131 e. The third-order valence-electron chi connectivity index (χ3n) is 4.18. The molecular weight excluding hydrogens is 260 g/mol. The van der Waals surface area contributed by atoms with Crippen molar-refractivity contribution in [2.24, 2.45) is 11.8 Å². The van der Waals surface area contributed by atoms with Crippen molar-refractivity contribution in [3.8, 4) is 0 Å². The van der Waals surface area contributed by atoms with Gasteiger partial charge in [-0.3, -0.25) is 4.90 Å². The van der Waals surface area contributed by atoms with Gasteiger partial charge in [0.15, 0.2) is 0 Å². The molecule has 110 valence electrons. The number of aliphatic hydroxyl groups is 1. The van der Waals surface area contributed by atoms with Crippen LogP contribution in [0.5, 0.6) is 0 Å². The van der Waals surface area contributed by atoms with E-state index in [1.807, 2.05) is 0 Å². The fraction of sp³-hybridized carbons (Fsp3) is 0.625. The molecule has 1 unspecified atom stereocenters. The molecule has 1 atom stereocenters. The average molecular weight is 281 g/mol. The van der Waals surface area contributed by atoms with Crippen molar-refractivity contribution in [1.82, 2.24) is 4.90 Å². The van der Waals surface area contributed by atoms with Gasteiger partial charge in [0.1, 0.15) is 11.6 Å². The van der Waals surface area contributed by atoms with E-state index >= 15 is 0 Å². The molecule has 0 heterocycles. The second-order valence-electron chi connectivity index (χ2n) is 6.29. The molecule has 0 radical (unpaired) electrons. The van der Waals surface area contributed by atoms with E-state index in [0.717, 1.165) is 31.0 Å². The number of rotatable bonds is 7. The lowest BCUT2D eigenvalue weighted by molar-refractivity contribution is 0.104. The van der Waals surface area contributed by atoms with Crippen molar-refractivity contribution in [3.63, 3.8) is 0 Å². The molecule has 1 aromatic rings. The fourth-order valence-electron chi connectivity index (χ4n) is 2.67. The van der Waals surface area contributed by atoms with Crippen LogP contribution in [0.3, 0.4) is 0 Å². The Morgan fingerprint density at radius 3 is 2.20 bits per heavy atom. The predicted molar refractivity (Wildman–Crippen MR) is 73.2 cm³/mol. The Morgan fingerprint density at radius 2 is 1.70 bits per heavy atom. The topological polar surface area (TPSA) is 23.5 Å². The molecule has 2 aliphatic rings. The molecule has 4 heteroatoms. The van der Waals surface area contributed by atoms with Crippen molar-refractivity contribution >= 4 is 0 Å². The van der Waals surface area contributed by atoms with Gasteiger partial charge in [0, 0.05) is 31.3 Å². The largest absolute Gasteiger partial charge is 0.387 e. The first kappa shape index (κ1) is 14.0. The van der Waals surface area contributed by atoms with Crippen molar-refractivity contribution < 1.29 is 13.9 Å². The molecule has 0 aromatic heterocycles. The number of aliphatic hydroxyl groups excluding tert-OH is 1. The second kappa shape index (κ2) is 5.78. The van der Waals surface area contributed by atoms with Crippen LogP contribution in [-0.4, -0.2) is 29.6 Å². The minimum absolute atomic E-state index is 0.197. The average Bonchev–Trinajstić information content (AvgIpc) is 3.24. The molecule has 0 bridgehead atoms. The summed E-state index contributed by atoms with van der Waals surface area (Å²) in [6.45, 7) is 2.43. The maximum atomic E-state index is 13.7. The normalized spacial score (nSPS) is 20.4. The summed E-state index contributed by atoms with van der Waals surface area (Å²) >= 11 is 0. The molecule has 2 saturated carbocycles. The Hall–Kier alpha value is -1.00. The van der Waals surface area contributed by atoms with Gasteiger partial charge in [-0.05, 0) is 43.6 Å². The summed E-state index contributed by atoms with van der Waals surface area (Å²) in [5.41, 5.74) is 0.197. The molecule has 0 amide bonds. The van der Waals surface area contributed by atoms with Gasteiger partial charge < -0.3 is 5.11 Å². The Labute approximate surface area is 118 Å². The summed E-state index contributed by atoms with van der Waals surface area (Å²) in [7, 11) is 0. The first-order valence-corrected chi connectivity index (χ1v) is 7.47. The summed E-state index contributed by atoms with van der Waals surface area (Å²) in [5.74, 6) is 0.236. The standard InChI is InChI=1S/C16H21F2NO/c17-13-5-6-14(15(18)7-13)16(20)10-19(8-11-1-2-11)9-12-3-4-12/h5-7,11-12,16,20H,1-4,8-10H2. The number of nitrogens with zero attached hydrogens (tertiary/aromatic N) is 1. The van der Waals surface area contributed by atoms with Crippen molar-refractivity contribution in [1.29, 1.82) is 0 Å². The lowest BCUT2D eigenvalue weighted by Crippen LogP contribution is -2.32. The van der Waals surface area contributed by atoms with Crippen LogP contribution in [0.2, 0.25) is 0 Å². The van der Waals surface area contributed by atoms with Gasteiger partial charge in [0.05, 0.1) is 6.10 Å². The lowest BCUT2D eigenvalue weighted by Gasteiger charge is -2.25. The minimum Gasteiger partial charge on any atom is -0.387 e. The van der Waals surface area contributed by atoms with Crippen molar-refractivity contribution in [2.75, 3.05) is 19.6 Å². The van der Waals surface area contributed by atoms with Crippen LogP contribution in [-0.2, 0) is 0 Å². The Kier molecular flexibility index (Phi) is 4.03. The summed E-state index contributed by atoms with van der Waals surface area (Å²) in [6.07, 6.45) is 4.18. The van der Waals surface area contributed by atoms with Gasteiger partial charge >= 0.3 is 0 Å². The third kappa shape index (κ3) is 3.76. The zero-order valence-corrected chi connectivity index (χ0v) is 11.6. The molecule has 3 rings (SSSR count). The molecule has 20 heavy (non-hydrogen) atoms. The van der Waals surface area contributed by atoms with Gasteiger partial charge in [-0.2, -0.15) is 0 Å². The van der Waals surface area contributed by atoms with E-state index in [2.05, 4.69) is 4.90 Å². The smallest absolute Gasteiger partial charge is 0.131 e. The highest BCUT2D eigenvalue weighted by Crippen LogP contribution is 2.34. The van der Waals surface area contributed by atoms with E-state index in [1.165, 1.54) is 37.8 Å². The van der Waals surface area contributed by atoms with Gasteiger partial charge in [-0.1, -0.05) is 6.07 Å². The number of halogens is 2. The molecule has 2 fully saturated rings. The SMILES string of the molecule is OC(CN(CC1CC1)CC1CC1)c1ccc(F)cc1F. The molecule has 0 spiro atoms. The van der Waals surface area contributed by atoms with Crippen LogP contribution < -0.4 is 0 Å². The summed E-state index contributed by atoms with van der Waals surface area (Å²) in [5, 5.41) is 10.2. The summed E-state index contributed by atoms with van der Waals surface area (Å²) in [4.78, 5) is 2.25. The van der Waals surface area contributed by atoms with Crippen molar-refractivity contribution in [2.45, 2.75) is 31.8 Å². The van der Waals surface area contributed by atoms with E-state index in [-0.39, 0.29) is 5.56 Å². The summed E-state index contributed by atoms with van der Waals surface area (Å²) in [6, 6.07) is 3.39. The van der Waals surface area contributed by atoms with Crippen molar-refractivity contribution in [3.05, 3.63) is 35.4 Å². The van der Waals surface area contributed by atoms with Crippen LogP contribution in [0.4, 0.5) is 8.78 Å². The molecular formula is C16H21F2NO. The van der Waals surface area contributed by atoms with Gasteiger partial charge in [0.25, 0.3) is 0 Å².